The van der Waals surface area contributed by atoms with Crippen LogP contribution in [0.4, 0.5) is 5.69 Å². The number of carbonyl (C=O) groups excluding carboxylic acids is 1. The summed E-state index contributed by atoms with van der Waals surface area (Å²) in [5.41, 5.74) is 6.58. The quantitative estimate of drug-likeness (QED) is 0.650. The third kappa shape index (κ3) is 2.01. The van der Waals surface area contributed by atoms with Gasteiger partial charge in [-0.25, -0.2) is 0 Å². The number of ether oxygens (including phenoxy) is 1. The Kier molecular flexibility index (Phi) is 2.87. The second kappa shape index (κ2) is 4.33. The van der Waals surface area contributed by atoms with Crippen molar-refractivity contribution in [3.05, 3.63) is 47.4 Å². The second-order valence-electron chi connectivity index (χ2n) is 3.67. The molecule has 0 aliphatic carbocycles. The fraction of sp³-hybridized carbons (Fsp3) is 0.154. The van der Waals surface area contributed by atoms with Crippen LogP contribution in [0.25, 0.3) is 0 Å². The van der Waals surface area contributed by atoms with E-state index in [-0.39, 0.29) is 11.5 Å². The molecule has 0 radical (unpaired) electrons. The van der Waals surface area contributed by atoms with Crippen LogP contribution in [0.2, 0.25) is 0 Å². The summed E-state index contributed by atoms with van der Waals surface area (Å²) in [7, 11) is 1.48. The Morgan fingerprint density at radius 1 is 1.29 bits per heavy atom. The molecule has 2 N–H and O–H groups in total. The lowest BCUT2D eigenvalue weighted by molar-refractivity contribution is 0.100. The van der Waals surface area contributed by atoms with Gasteiger partial charge in [0.05, 0.1) is 18.4 Å². The standard InChI is InChI=1S/C13H13NO3/c1-8-6-7-11(17-8)12(15)9-4-3-5-10(14)13(9)16-2/h3-7H,14H2,1-2H3. The molecule has 0 unspecified atom stereocenters. The van der Waals surface area contributed by atoms with Gasteiger partial charge in [-0.3, -0.25) is 4.79 Å². The largest absolute Gasteiger partial charge is 0.494 e. The van der Waals surface area contributed by atoms with E-state index in [0.717, 1.165) is 0 Å². The molecule has 0 saturated heterocycles. The SMILES string of the molecule is COc1c(N)cccc1C(=O)c1ccc(C)o1. The maximum Gasteiger partial charge on any atom is 0.231 e. The first kappa shape index (κ1) is 11.3. The van der Waals surface area contributed by atoms with Crippen molar-refractivity contribution >= 4 is 11.5 Å². The van der Waals surface area contributed by atoms with Crippen LogP contribution in [-0.2, 0) is 0 Å². The Bertz CT molecular complexity index is 558. The number of nitrogen functional groups attached to an aromatic ring is 1. The van der Waals surface area contributed by atoms with E-state index in [0.29, 0.717) is 22.8 Å². The number of hydrogen-bond donors (Lipinski definition) is 1. The van der Waals surface area contributed by atoms with Gasteiger partial charge in [0.2, 0.25) is 5.78 Å². The van der Waals surface area contributed by atoms with Gasteiger partial charge in [-0.2, -0.15) is 0 Å². The number of benzene rings is 1. The zero-order valence-electron chi connectivity index (χ0n) is 9.69. The van der Waals surface area contributed by atoms with Crippen molar-refractivity contribution in [2.75, 3.05) is 12.8 Å². The molecule has 1 heterocycles. The Morgan fingerprint density at radius 2 is 2.06 bits per heavy atom. The maximum absolute atomic E-state index is 12.2. The molecule has 0 spiro atoms. The predicted molar refractivity (Wildman–Crippen MR) is 64.3 cm³/mol. The molecule has 2 rings (SSSR count). The lowest BCUT2D eigenvalue weighted by Crippen LogP contribution is -2.04. The summed E-state index contributed by atoms with van der Waals surface area (Å²) in [6, 6.07) is 8.44. The number of furan rings is 1. The highest BCUT2D eigenvalue weighted by Gasteiger charge is 2.18. The van der Waals surface area contributed by atoms with E-state index in [2.05, 4.69) is 0 Å². The molecule has 0 amide bonds. The van der Waals surface area contributed by atoms with Crippen LogP contribution in [0, 0.1) is 6.92 Å². The van der Waals surface area contributed by atoms with Gasteiger partial charge < -0.3 is 14.9 Å². The van der Waals surface area contributed by atoms with Crippen LogP contribution in [-0.4, -0.2) is 12.9 Å². The summed E-state index contributed by atoms with van der Waals surface area (Å²) in [6.07, 6.45) is 0. The molecule has 4 heteroatoms. The Hall–Kier alpha value is -2.23. The smallest absolute Gasteiger partial charge is 0.231 e. The molecule has 0 atom stereocenters. The van der Waals surface area contributed by atoms with E-state index in [9.17, 15) is 4.79 Å². The van der Waals surface area contributed by atoms with Crippen molar-refractivity contribution in [1.82, 2.24) is 0 Å². The van der Waals surface area contributed by atoms with E-state index in [1.165, 1.54) is 7.11 Å². The van der Waals surface area contributed by atoms with Crippen molar-refractivity contribution in [3.8, 4) is 5.75 Å². The summed E-state index contributed by atoms with van der Waals surface area (Å²) in [6.45, 7) is 1.79. The highest BCUT2D eigenvalue weighted by atomic mass is 16.5. The molecule has 1 aromatic heterocycles. The molecule has 1 aromatic carbocycles. The first-order valence-corrected chi connectivity index (χ1v) is 5.17. The molecular formula is C13H13NO3. The first-order chi connectivity index (χ1) is 8.13. The zero-order chi connectivity index (χ0) is 12.4. The number of ketones is 1. The van der Waals surface area contributed by atoms with Gasteiger partial charge in [-0.15, -0.1) is 0 Å². The number of para-hydroxylation sites is 1. The summed E-state index contributed by atoms with van der Waals surface area (Å²) in [5, 5.41) is 0. The van der Waals surface area contributed by atoms with Crippen molar-refractivity contribution in [1.29, 1.82) is 0 Å². The second-order valence-corrected chi connectivity index (χ2v) is 3.67. The lowest BCUT2D eigenvalue weighted by Gasteiger charge is -2.08. The number of anilines is 1. The predicted octanol–water partition coefficient (Wildman–Crippen LogP) is 2.41. The summed E-state index contributed by atoms with van der Waals surface area (Å²) < 4.78 is 10.4. The van der Waals surface area contributed by atoms with Gasteiger partial charge in [-0.1, -0.05) is 6.07 Å². The molecule has 0 saturated carbocycles. The Balaban J connectivity index is 2.47. The van der Waals surface area contributed by atoms with Crippen LogP contribution >= 0.6 is 0 Å². The minimum Gasteiger partial charge on any atom is -0.494 e. The van der Waals surface area contributed by atoms with Gasteiger partial charge in [0.25, 0.3) is 0 Å². The normalized spacial score (nSPS) is 10.2. The highest BCUT2D eigenvalue weighted by molar-refractivity contribution is 6.09. The number of rotatable bonds is 3. The number of hydrogen-bond acceptors (Lipinski definition) is 4. The molecule has 17 heavy (non-hydrogen) atoms. The molecule has 4 nitrogen and oxygen atoms in total. The third-order valence-corrected chi connectivity index (χ3v) is 2.46. The van der Waals surface area contributed by atoms with E-state index < -0.39 is 0 Å². The van der Waals surface area contributed by atoms with E-state index in [1.54, 1.807) is 37.3 Å². The number of nitrogens with two attached hydrogens (primary N) is 1. The summed E-state index contributed by atoms with van der Waals surface area (Å²) in [4.78, 5) is 12.2. The van der Waals surface area contributed by atoms with Crippen LogP contribution in [0.15, 0.2) is 34.7 Å². The minimum absolute atomic E-state index is 0.234. The molecule has 0 aliphatic rings. The average molecular weight is 231 g/mol. The number of aryl methyl sites for hydroxylation is 1. The van der Waals surface area contributed by atoms with Gasteiger partial charge in [0.15, 0.2) is 11.5 Å². The van der Waals surface area contributed by atoms with Gasteiger partial charge in [-0.05, 0) is 31.2 Å². The van der Waals surface area contributed by atoms with Crippen molar-refractivity contribution in [2.45, 2.75) is 6.92 Å². The van der Waals surface area contributed by atoms with E-state index >= 15 is 0 Å². The van der Waals surface area contributed by atoms with E-state index in [1.807, 2.05) is 0 Å². The molecule has 2 aromatic rings. The maximum atomic E-state index is 12.2. The Morgan fingerprint density at radius 3 is 2.65 bits per heavy atom. The number of methoxy groups -OCH3 is 1. The topological polar surface area (TPSA) is 65.5 Å². The van der Waals surface area contributed by atoms with Crippen molar-refractivity contribution < 1.29 is 13.9 Å². The van der Waals surface area contributed by atoms with E-state index in [4.69, 9.17) is 14.9 Å². The molecule has 88 valence electrons. The van der Waals surface area contributed by atoms with Crippen LogP contribution in [0.1, 0.15) is 21.9 Å². The fourth-order valence-corrected chi connectivity index (χ4v) is 1.65. The first-order valence-electron chi connectivity index (χ1n) is 5.17. The molecular weight excluding hydrogens is 218 g/mol. The minimum atomic E-state index is -0.234. The monoisotopic (exact) mass is 231 g/mol. The van der Waals surface area contributed by atoms with Crippen molar-refractivity contribution in [3.63, 3.8) is 0 Å². The highest BCUT2D eigenvalue weighted by Crippen LogP contribution is 2.28. The Labute approximate surface area is 99.0 Å². The lowest BCUT2D eigenvalue weighted by atomic mass is 10.1. The third-order valence-electron chi connectivity index (χ3n) is 2.46. The summed E-state index contributed by atoms with van der Waals surface area (Å²) >= 11 is 0. The average Bonchev–Trinajstić information content (AvgIpc) is 2.74. The molecule has 0 fully saturated rings. The van der Waals surface area contributed by atoms with Crippen LogP contribution in [0.5, 0.6) is 5.75 Å². The van der Waals surface area contributed by atoms with Gasteiger partial charge in [0.1, 0.15) is 5.76 Å². The van der Waals surface area contributed by atoms with Gasteiger partial charge >= 0.3 is 0 Å². The summed E-state index contributed by atoms with van der Waals surface area (Å²) in [5.74, 6) is 1.12. The number of carbonyl (C=O) groups is 1. The van der Waals surface area contributed by atoms with Gasteiger partial charge in [0, 0.05) is 0 Å². The molecule has 0 bridgehead atoms. The van der Waals surface area contributed by atoms with Crippen LogP contribution < -0.4 is 10.5 Å². The van der Waals surface area contributed by atoms with Crippen LogP contribution in [0.3, 0.4) is 0 Å². The fourth-order valence-electron chi connectivity index (χ4n) is 1.65. The molecule has 0 aliphatic heterocycles. The zero-order valence-corrected chi connectivity index (χ0v) is 9.69. The van der Waals surface area contributed by atoms with Crippen molar-refractivity contribution in [2.24, 2.45) is 0 Å².